The summed E-state index contributed by atoms with van der Waals surface area (Å²) >= 11 is 0. The van der Waals surface area contributed by atoms with Crippen LogP contribution in [0.25, 0.3) is 10.9 Å². The van der Waals surface area contributed by atoms with Crippen LogP contribution in [-0.4, -0.2) is 29.2 Å². The van der Waals surface area contributed by atoms with E-state index in [1.807, 2.05) is 6.07 Å². The van der Waals surface area contributed by atoms with Gasteiger partial charge in [-0.1, -0.05) is 18.2 Å². The molecule has 0 atom stereocenters. The standard InChI is InChI=1S/C18H14N2O4/c21-14-3-1-2-11-4-6-13(20-17(11)14)18(22)19-12-5-7-15-16(10-12)24-9-8-23-15/h1-7,10,21H,8-9H2,(H,19,22). The molecule has 0 unspecified atom stereocenters. The van der Waals surface area contributed by atoms with Crippen LogP contribution in [0.3, 0.4) is 0 Å². The third-order valence-electron chi connectivity index (χ3n) is 3.73. The van der Waals surface area contributed by atoms with Crippen LogP contribution in [-0.2, 0) is 0 Å². The van der Waals surface area contributed by atoms with Gasteiger partial charge in [0.2, 0.25) is 0 Å². The van der Waals surface area contributed by atoms with Crippen molar-refractivity contribution in [2.24, 2.45) is 0 Å². The fraction of sp³-hybridized carbons (Fsp3) is 0.111. The Bertz CT molecular complexity index is 939. The topological polar surface area (TPSA) is 80.7 Å². The molecular weight excluding hydrogens is 308 g/mol. The van der Waals surface area contributed by atoms with E-state index >= 15 is 0 Å². The molecule has 0 fully saturated rings. The van der Waals surface area contributed by atoms with E-state index in [-0.39, 0.29) is 17.4 Å². The second-order valence-electron chi connectivity index (χ2n) is 5.36. The summed E-state index contributed by atoms with van der Waals surface area (Å²) in [5.74, 6) is 0.939. The van der Waals surface area contributed by atoms with Crippen molar-refractivity contribution in [3.63, 3.8) is 0 Å². The number of aromatic hydroxyl groups is 1. The quantitative estimate of drug-likeness (QED) is 0.758. The zero-order valence-electron chi connectivity index (χ0n) is 12.7. The summed E-state index contributed by atoms with van der Waals surface area (Å²) in [6.45, 7) is 0.999. The summed E-state index contributed by atoms with van der Waals surface area (Å²) < 4.78 is 11.0. The number of pyridine rings is 1. The summed E-state index contributed by atoms with van der Waals surface area (Å²) in [5.41, 5.74) is 1.20. The van der Waals surface area contributed by atoms with Crippen molar-refractivity contribution in [1.82, 2.24) is 4.98 Å². The molecule has 1 aliphatic heterocycles. The minimum atomic E-state index is -0.364. The van der Waals surface area contributed by atoms with Crippen molar-refractivity contribution in [3.05, 3.63) is 54.2 Å². The first kappa shape index (κ1) is 14.3. The van der Waals surface area contributed by atoms with Gasteiger partial charge in [0, 0.05) is 17.1 Å². The monoisotopic (exact) mass is 322 g/mol. The second-order valence-corrected chi connectivity index (χ2v) is 5.36. The Morgan fingerprint density at radius 3 is 2.75 bits per heavy atom. The number of fused-ring (bicyclic) bond motifs is 2. The van der Waals surface area contributed by atoms with Crippen LogP contribution in [0.15, 0.2) is 48.5 Å². The van der Waals surface area contributed by atoms with Crippen molar-refractivity contribution < 1.29 is 19.4 Å². The number of anilines is 1. The maximum Gasteiger partial charge on any atom is 0.274 e. The summed E-state index contributed by atoms with van der Waals surface area (Å²) in [7, 11) is 0. The molecule has 4 rings (SSSR count). The number of carbonyl (C=O) groups is 1. The fourth-order valence-electron chi connectivity index (χ4n) is 2.57. The van der Waals surface area contributed by atoms with Gasteiger partial charge in [-0.2, -0.15) is 0 Å². The van der Waals surface area contributed by atoms with Crippen molar-refractivity contribution >= 4 is 22.5 Å². The molecule has 0 saturated carbocycles. The summed E-state index contributed by atoms with van der Waals surface area (Å²) in [6, 6.07) is 13.7. The normalized spacial score (nSPS) is 12.8. The van der Waals surface area contributed by atoms with E-state index in [0.717, 1.165) is 5.39 Å². The van der Waals surface area contributed by atoms with Crippen molar-refractivity contribution in [3.8, 4) is 17.2 Å². The van der Waals surface area contributed by atoms with E-state index in [1.54, 1.807) is 36.4 Å². The number of ether oxygens (including phenoxy) is 2. The molecule has 6 heteroatoms. The minimum Gasteiger partial charge on any atom is -0.506 e. The van der Waals surface area contributed by atoms with Crippen LogP contribution in [0.5, 0.6) is 17.2 Å². The average molecular weight is 322 g/mol. The number of benzene rings is 2. The lowest BCUT2D eigenvalue weighted by Gasteiger charge is -2.19. The third kappa shape index (κ3) is 2.58. The molecular formula is C18H14N2O4. The number of phenolic OH excluding ortho intramolecular Hbond substituents is 1. The van der Waals surface area contributed by atoms with Crippen molar-refractivity contribution in [1.29, 1.82) is 0 Å². The van der Waals surface area contributed by atoms with Gasteiger partial charge < -0.3 is 19.9 Å². The lowest BCUT2D eigenvalue weighted by Crippen LogP contribution is -2.17. The van der Waals surface area contributed by atoms with Crippen LogP contribution >= 0.6 is 0 Å². The smallest absolute Gasteiger partial charge is 0.274 e. The number of para-hydroxylation sites is 1. The van der Waals surface area contributed by atoms with Gasteiger partial charge in [0.25, 0.3) is 5.91 Å². The molecule has 1 amide bonds. The number of aromatic nitrogens is 1. The molecule has 3 aromatic rings. The predicted octanol–water partition coefficient (Wildman–Crippen LogP) is 2.96. The highest BCUT2D eigenvalue weighted by Crippen LogP contribution is 2.32. The number of carbonyl (C=O) groups excluding carboxylic acids is 1. The fourth-order valence-corrected chi connectivity index (χ4v) is 2.57. The van der Waals surface area contributed by atoms with Crippen LogP contribution in [0, 0.1) is 0 Å². The first-order valence-electron chi connectivity index (χ1n) is 7.50. The van der Waals surface area contributed by atoms with Gasteiger partial charge in [-0.25, -0.2) is 4.98 Å². The Morgan fingerprint density at radius 1 is 1.04 bits per heavy atom. The van der Waals surface area contributed by atoms with Crippen LogP contribution < -0.4 is 14.8 Å². The Morgan fingerprint density at radius 2 is 1.88 bits per heavy atom. The summed E-state index contributed by atoms with van der Waals surface area (Å²) in [5, 5.41) is 13.4. The number of hydrogen-bond acceptors (Lipinski definition) is 5. The zero-order chi connectivity index (χ0) is 16.5. The van der Waals surface area contributed by atoms with Gasteiger partial charge in [-0.05, 0) is 24.3 Å². The molecule has 120 valence electrons. The third-order valence-corrected chi connectivity index (χ3v) is 3.73. The molecule has 2 heterocycles. The predicted molar refractivity (Wildman–Crippen MR) is 88.8 cm³/mol. The van der Waals surface area contributed by atoms with Crippen LogP contribution in [0.1, 0.15) is 10.5 Å². The van der Waals surface area contributed by atoms with Gasteiger partial charge in [0.15, 0.2) is 11.5 Å². The highest BCUT2D eigenvalue weighted by molar-refractivity contribution is 6.04. The second kappa shape index (κ2) is 5.73. The SMILES string of the molecule is O=C(Nc1ccc2c(c1)OCCO2)c1ccc2cccc(O)c2n1. The maximum absolute atomic E-state index is 12.4. The highest BCUT2D eigenvalue weighted by Gasteiger charge is 2.14. The highest BCUT2D eigenvalue weighted by atomic mass is 16.6. The molecule has 2 N–H and O–H groups in total. The molecule has 0 saturated heterocycles. The Labute approximate surface area is 137 Å². The molecule has 2 aromatic carbocycles. The van der Waals surface area contributed by atoms with E-state index in [9.17, 15) is 9.90 Å². The Balaban J connectivity index is 1.61. The number of nitrogens with one attached hydrogen (secondary N) is 1. The van der Waals surface area contributed by atoms with Crippen LogP contribution in [0.2, 0.25) is 0 Å². The van der Waals surface area contributed by atoms with E-state index < -0.39 is 0 Å². The molecule has 6 nitrogen and oxygen atoms in total. The van der Waals surface area contributed by atoms with Gasteiger partial charge in [0.05, 0.1) is 0 Å². The zero-order valence-corrected chi connectivity index (χ0v) is 12.7. The first-order valence-corrected chi connectivity index (χ1v) is 7.50. The lowest BCUT2D eigenvalue weighted by molar-refractivity contribution is 0.102. The number of amides is 1. The average Bonchev–Trinajstić information content (AvgIpc) is 2.62. The van der Waals surface area contributed by atoms with Gasteiger partial charge >= 0.3 is 0 Å². The maximum atomic E-state index is 12.4. The first-order chi connectivity index (χ1) is 11.7. The van der Waals surface area contributed by atoms with Crippen molar-refractivity contribution in [2.45, 2.75) is 0 Å². The van der Waals surface area contributed by atoms with E-state index in [2.05, 4.69) is 10.3 Å². The summed E-state index contributed by atoms with van der Waals surface area (Å²) in [6.07, 6.45) is 0. The van der Waals surface area contributed by atoms with E-state index in [4.69, 9.17) is 9.47 Å². The lowest BCUT2D eigenvalue weighted by atomic mass is 10.2. The molecule has 1 aromatic heterocycles. The number of phenols is 1. The van der Waals surface area contributed by atoms with E-state index in [0.29, 0.717) is 35.9 Å². The van der Waals surface area contributed by atoms with Gasteiger partial charge in [0.1, 0.15) is 30.2 Å². The Kier molecular flexibility index (Phi) is 3.42. The largest absolute Gasteiger partial charge is 0.506 e. The molecule has 0 aliphatic carbocycles. The molecule has 0 radical (unpaired) electrons. The summed E-state index contributed by atoms with van der Waals surface area (Å²) in [4.78, 5) is 16.7. The van der Waals surface area contributed by atoms with Gasteiger partial charge in [-0.15, -0.1) is 0 Å². The van der Waals surface area contributed by atoms with Crippen molar-refractivity contribution in [2.75, 3.05) is 18.5 Å². The number of nitrogens with zero attached hydrogens (tertiary/aromatic N) is 1. The van der Waals surface area contributed by atoms with E-state index in [1.165, 1.54) is 6.07 Å². The molecule has 1 aliphatic rings. The molecule has 24 heavy (non-hydrogen) atoms. The number of hydrogen-bond donors (Lipinski definition) is 2. The van der Waals surface area contributed by atoms with Gasteiger partial charge in [-0.3, -0.25) is 4.79 Å². The Hall–Kier alpha value is -3.28. The van der Waals surface area contributed by atoms with Crippen LogP contribution in [0.4, 0.5) is 5.69 Å². The minimum absolute atomic E-state index is 0.0430. The number of rotatable bonds is 2. The molecule has 0 spiro atoms. The molecule has 0 bridgehead atoms.